The first-order valence-corrected chi connectivity index (χ1v) is 11.7. The molecule has 1 heterocycles. The zero-order valence-electron chi connectivity index (χ0n) is 17.3. The Morgan fingerprint density at radius 2 is 1.80 bits per heavy atom. The van der Waals surface area contributed by atoms with Gasteiger partial charge < -0.3 is 10.6 Å². The van der Waals surface area contributed by atoms with E-state index in [1.54, 1.807) is 44.2 Å². The summed E-state index contributed by atoms with van der Waals surface area (Å²) in [6, 6.07) is 9.67. The van der Waals surface area contributed by atoms with Crippen molar-refractivity contribution < 1.29 is 13.2 Å². The second kappa shape index (κ2) is 9.29. The maximum atomic E-state index is 12.8. The largest absolute Gasteiger partial charge is 0.322 e. The summed E-state index contributed by atoms with van der Waals surface area (Å²) in [4.78, 5) is 12.7. The van der Waals surface area contributed by atoms with E-state index in [0.717, 1.165) is 31.5 Å². The lowest BCUT2D eigenvalue weighted by atomic mass is 9.94. The van der Waals surface area contributed by atoms with Crippen LogP contribution in [0, 0.1) is 19.8 Å². The van der Waals surface area contributed by atoms with Crippen molar-refractivity contribution in [3.05, 3.63) is 58.1 Å². The zero-order chi connectivity index (χ0) is 21.9. The van der Waals surface area contributed by atoms with Crippen LogP contribution in [0.5, 0.6) is 0 Å². The SMILES string of the molecule is CC(=NS(=O)(=O)c1ccc(NC(=O)c2ccc(Cl)cc2C)c(C)c1)C1CCNCC1. The molecule has 160 valence electrons. The number of rotatable bonds is 5. The quantitative estimate of drug-likeness (QED) is 0.666. The van der Waals surface area contributed by atoms with Crippen LogP contribution in [0.4, 0.5) is 5.69 Å². The molecule has 0 aromatic heterocycles. The molecule has 1 aliphatic rings. The van der Waals surface area contributed by atoms with Gasteiger partial charge in [-0.3, -0.25) is 4.79 Å². The minimum Gasteiger partial charge on any atom is -0.322 e. The third-order valence-corrected chi connectivity index (χ3v) is 6.98. The van der Waals surface area contributed by atoms with Crippen molar-refractivity contribution in [2.75, 3.05) is 18.4 Å². The van der Waals surface area contributed by atoms with Crippen molar-refractivity contribution in [2.45, 2.75) is 38.5 Å². The Morgan fingerprint density at radius 3 is 2.43 bits per heavy atom. The predicted octanol–water partition coefficient (Wildman–Crippen LogP) is 4.36. The number of amides is 1. The highest BCUT2D eigenvalue weighted by atomic mass is 35.5. The van der Waals surface area contributed by atoms with Crippen molar-refractivity contribution in [3.8, 4) is 0 Å². The highest BCUT2D eigenvalue weighted by Gasteiger charge is 2.21. The molecule has 0 saturated carbocycles. The average Bonchev–Trinajstić information content (AvgIpc) is 2.69. The monoisotopic (exact) mass is 447 g/mol. The lowest BCUT2D eigenvalue weighted by Gasteiger charge is -2.22. The summed E-state index contributed by atoms with van der Waals surface area (Å²) < 4.78 is 29.6. The Labute approximate surface area is 182 Å². The van der Waals surface area contributed by atoms with Gasteiger partial charge in [-0.05, 0) is 94.2 Å². The molecule has 2 N–H and O–H groups in total. The summed E-state index contributed by atoms with van der Waals surface area (Å²) >= 11 is 5.95. The van der Waals surface area contributed by atoms with Crippen molar-refractivity contribution in [1.29, 1.82) is 0 Å². The molecule has 6 nitrogen and oxygen atoms in total. The lowest BCUT2D eigenvalue weighted by Crippen LogP contribution is -2.31. The van der Waals surface area contributed by atoms with Crippen LogP contribution in [0.3, 0.4) is 0 Å². The van der Waals surface area contributed by atoms with Crippen LogP contribution in [-0.2, 0) is 10.0 Å². The normalized spacial score (nSPS) is 15.8. The Morgan fingerprint density at radius 1 is 1.10 bits per heavy atom. The summed E-state index contributed by atoms with van der Waals surface area (Å²) in [6.45, 7) is 7.10. The molecule has 1 aliphatic heterocycles. The number of hydrogen-bond donors (Lipinski definition) is 2. The van der Waals surface area contributed by atoms with Gasteiger partial charge in [0, 0.05) is 27.9 Å². The Bertz CT molecular complexity index is 1090. The fourth-order valence-corrected chi connectivity index (χ4v) is 4.99. The Kier molecular flexibility index (Phi) is 6.95. The molecule has 2 aromatic carbocycles. The number of carbonyl (C=O) groups excluding carboxylic acids is 1. The van der Waals surface area contributed by atoms with E-state index in [9.17, 15) is 13.2 Å². The van der Waals surface area contributed by atoms with E-state index in [0.29, 0.717) is 27.5 Å². The van der Waals surface area contributed by atoms with E-state index in [1.165, 1.54) is 6.07 Å². The summed E-state index contributed by atoms with van der Waals surface area (Å²) in [7, 11) is -3.80. The van der Waals surface area contributed by atoms with Gasteiger partial charge >= 0.3 is 0 Å². The third kappa shape index (κ3) is 5.28. The minimum atomic E-state index is -3.80. The highest BCUT2D eigenvalue weighted by Crippen LogP contribution is 2.24. The van der Waals surface area contributed by atoms with Crippen LogP contribution in [0.1, 0.15) is 41.3 Å². The van der Waals surface area contributed by atoms with E-state index in [1.807, 2.05) is 6.92 Å². The summed E-state index contributed by atoms with van der Waals surface area (Å²) in [6.07, 6.45) is 1.78. The van der Waals surface area contributed by atoms with Crippen molar-refractivity contribution in [1.82, 2.24) is 5.32 Å². The molecule has 0 aliphatic carbocycles. The van der Waals surface area contributed by atoms with Crippen LogP contribution in [0.15, 0.2) is 45.7 Å². The Hall–Kier alpha value is -2.22. The maximum absolute atomic E-state index is 12.8. The lowest BCUT2D eigenvalue weighted by molar-refractivity contribution is 0.102. The van der Waals surface area contributed by atoms with E-state index >= 15 is 0 Å². The number of piperidine rings is 1. The van der Waals surface area contributed by atoms with Gasteiger partial charge in [0.2, 0.25) is 0 Å². The second-order valence-corrected chi connectivity index (χ2v) is 9.66. The van der Waals surface area contributed by atoms with Gasteiger partial charge in [0.1, 0.15) is 0 Å². The number of nitrogens with zero attached hydrogens (tertiary/aromatic N) is 1. The van der Waals surface area contributed by atoms with Gasteiger partial charge in [-0.25, -0.2) is 0 Å². The smallest absolute Gasteiger partial charge is 0.282 e. The fraction of sp³-hybridized carbons (Fsp3) is 0.364. The molecule has 0 spiro atoms. The topological polar surface area (TPSA) is 87.6 Å². The van der Waals surface area contributed by atoms with Gasteiger partial charge in [-0.2, -0.15) is 12.8 Å². The number of aryl methyl sites for hydroxylation is 2. The van der Waals surface area contributed by atoms with Gasteiger partial charge in [-0.15, -0.1) is 0 Å². The summed E-state index contributed by atoms with van der Waals surface area (Å²) in [5.74, 6) is -0.0917. The number of hydrogen-bond acceptors (Lipinski definition) is 4. The summed E-state index contributed by atoms with van der Waals surface area (Å²) in [5, 5.41) is 6.67. The molecule has 0 radical (unpaired) electrons. The molecule has 1 saturated heterocycles. The minimum absolute atomic E-state index is 0.119. The van der Waals surface area contributed by atoms with Crippen molar-refractivity contribution >= 4 is 38.9 Å². The molecule has 3 rings (SSSR count). The van der Waals surface area contributed by atoms with E-state index in [4.69, 9.17) is 11.6 Å². The van der Waals surface area contributed by atoms with E-state index in [-0.39, 0.29) is 16.7 Å². The summed E-state index contributed by atoms with van der Waals surface area (Å²) in [5.41, 5.74) is 3.11. The fourth-order valence-electron chi connectivity index (χ4n) is 3.56. The van der Waals surface area contributed by atoms with E-state index in [2.05, 4.69) is 15.0 Å². The molecular formula is C22H26ClN3O3S. The standard InChI is InChI=1S/C22H26ClN3O3S/c1-14-12-18(23)4-6-20(14)22(27)25-21-7-5-19(13-15(21)2)30(28,29)26-16(3)17-8-10-24-11-9-17/h4-7,12-13,17,24H,8-11H2,1-3H3,(H,25,27). The van der Waals surface area contributed by atoms with Crippen molar-refractivity contribution in [3.63, 3.8) is 0 Å². The Balaban J connectivity index is 1.79. The number of carbonyl (C=O) groups is 1. The molecule has 0 atom stereocenters. The van der Waals surface area contributed by atoms with Crippen LogP contribution in [0.25, 0.3) is 0 Å². The first-order valence-electron chi connectivity index (χ1n) is 9.88. The van der Waals surface area contributed by atoms with Crippen LogP contribution >= 0.6 is 11.6 Å². The van der Waals surface area contributed by atoms with Gasteiger partial charge in [0.25, 0.3) is 15.9 Å². The third-order valence-electron chi connectivity index (χ3n) is 5.37. The van der Waals surface area contributed by atoms with Crippen LogP contribution in [0.2, 0.25) is 5.02 Å². The molecule has 30 heavy (non-hydrogen) atoms. The zero-order valence-corrected chi connectivity index (χ0v) is 18.9. The highest BCUT2D eigenvalue weighted by molar-refractivity contribution is 7.90. The van der Waals surface area contributed by atoms with Gasteiger partial charge in [-0.1, -0.05) is 11.6 Å². The van der Waals surface area contributed by atoms with Crippen LogP contribution in [-0.4, -0.2) is 33.1 Å². The average molecular weight is 448 g/mol. The van der Waals surface area contributed by atoms with Gasteiger partial charge in [0.15, 0.2) is 0 Å². The molecule has 1 fully saturated rings. The molecule has 0 bridgehead atoms. The second-order valence-electron chi connectivity index (χ2n) is 7.62. The first-order chi connectivity index (χ1) is 14.2. The molecule has 8 heteroatoms. The number of halogens is 1. The molecule has 2 aromatic rings. The number of sulfonamides is 1. The number of anilines is 1. The molecular weight excluding hydrogens is 422 g/mol. The predicted molar refractivity (Wildman–Crippen MR) is 121 cm³/mol. The maximum Gasteiger partial charge on any atom is 0.282 e. The van der Waals surface area contributed by atoms with Gasteiger partial charge in [0.05, 0.1) is 4.90 Å². The van der Waals surface area contributed by atoms with Crippen LogP contribution < -0.4 is 10.6 Å². The molecule has 1 amide bonds. The van der Waals surface area contributed by atoms with E-state index < -0.39 is 10.0 Å². The first kappa shape index (κ1) is 22.5. The molecule has 0 unspecified atom stereocenters. The van der Waals surface area contributed by atoms with Crippen molar-refractivity contribution in [2.24, 2.45) is 10.3 Å². The number of benzene rings is 2. The number of nitrogens with one attached hydrogen (secondary N) is 2.